The maximum absolute atomic E-state index is 3.15. The Morgan fingerprint density at radius 3 is 2.60 bits per heavy atom. The number of hydrogen-bond acceptors (Lipinski definition) is 1. The van der Waals surface area contributed by atoms with Gasteiger partial charge in [0, 0.05) is 11.3 Å². The van der Waals surface area contributed by atoms with E-state index in [0.717, 1.165) is 5.56 Å². The molecule has 1 aromatic carbocycles. The minimum atomic E-state index is 1.11. The Labute approximate surface area is 97.5 Å². The molecule has 0 amide bonds. The second-order valence-corrected chi connectivity index (χ2v) is 4.40. The molecule has 1 aromatic rings. The standard InChI is InChI=1S/C14H18S/c1-2-3-4-8-12-15-13-11-14-9-6-5-7-10-14/h5-7,9-10H,2-4,8,12H2,1H3. The van der Waals surface area contributed by atoms with Crippen LogP contribution in [0.1, 0.15) is 38.2 Å². The van der Waals surface area contributed by atoms with E-state index in [-0.39, 0.29) is 0 Å². The van der Waals surface area contributed by atoms with E-state index in [9.17, 15) is 0 Å². The Kier molecular flexibility index (Phi) is 6.86. The molecule has 0 heterocycles. The molecular formula is C14H18S. The zero-order chi connectivity index (χ0) is 10.8. The van der Waals surface area contributed by atoms with Crippen LogP contribution < -0.4 is 0 Å². The molecule has 0 spiro atoms. The summed E-state index contributed by atoms with van der Waals surface area (Å²) >= 11 is 1.74. The first kappa shape index (κ1) is 12.2. The maximum atomic E-state index is 3.15. The molecule has 0 aliphatic rings. The highest BCUT2D eigenvalue weighted by Gasteiger charge is 1.86. The third kappa shape index (κ3) is 6.25. The molecule has 0 bridgehead atoms. The van der Waals surface area contributed by atoms with Crippen LogP contribution in [0.2, 0.25) is 0 Å². The minimum absolute atomic E-state index is 1.11. The summed E-state index contributed by atoms with van der Waals surface area (Å²) in [6.45, 7) is 2.24. The lowest BCUT2D eigenvalue weighted by molar-refractivity contribution is 0.707. The quantitative estimate of drug-likeness (QED) is 0.524. The lowest BCUT2D eigenvalue weighted by Gasteiger charge is -1.94. The molecular weight excluding hydrogens is 200 g/mol. The minimum Gasteiger partial charge on any atom is -0.0747 e. The number of hydrogen-bond donors (Lipinski definition) is 0. The number of thioether (sulfide) groups is 1. The van der Waals surface area contributed by atoms with Crippen molar-refractivity contribution in [2.75, 3.05) is 5.75 Å². The molecule has 0 aliphatic heterocycles. The summed E-state index contributed by atoms with van der Waals surface area (Å²) in [5.41, 5.74) is 1.11. The predicted molar refractivity (Wildman–Crippen MR) is 69.9 cm³/mol. The van der Waals surface area contributed by atoms with Gasteiger partial charge in [0.15, 0.2) is 0 Å². The molecule has 0 saturated heterocycles. The van der Waals surface area contributed by atoms with Crippen LogP contribution >= 0.6 is 11.8 Å². The first-order valence-electron chi connectivity index (χ1n) is 5.61. The Morgan fingerprint density at radius 1 is 1.07 bits per heavy atom. The van der Waals surface area contributed by atoms with Crippen LogP contribution in [0.3, 0.4) is 0 Å². The smallest absolute Gasteiger partial charge is 0.0254 e. The molecule has 0 saturated carbocycles. The lowest BCUT2D eigenvalue weighted by atomic mass is 10.2. The van der Waals surface area contributed by atoms with E-state index >= 15 is 0 Å². The highest BCUT2D eigenvalue weighted by Crippen LogP contribution is 2.06. The fraction of sp³-hybridized carbons (Fsp3) is 0.429. The molecule has 0 nitrogen and oxygen atoms in total. The Hall–Kier alpha value is -0.870. The van der Waals surface area contributed by atoms with Gasteiger partial charge in [-0.3, -0.25) is 0 Å². The van der Waals surface area contributed by atoms with Gasteiger partial charge in [0.25, 0.3) is 0 Å². The zero-order valence-corrected chi connectivity index (χ0v) is 10.1. The first-order chi connectivity index (χ1) is 7.43. The van der Waals surface area contributed by atoms with E-state index in [4.69, 9.17) is 0 Å². The molecule has 0 fully saturated rings. The third-order valence-corrected chi connectivity index (χ3v) is 2.88. The monoisotopic (exact) mass is 218 g/mol. The fourth-order valence-corrected chi connectivity index (χ4v) is 1.91. The number of rotatable bonds is 5. The van der Waals surface area contributed by atoms with E-state index in [1.807, 2.05) is 30.3 Å². The van der Waals surface area contributed by atoms with Gasteiger partial charge in [-0.05, 0) is 23.8 Å². The van der Waals surface area contributed by atoms with Gasteiger partial charge >= 0.3 is 0 Å². The van der Waals surface area contributed by atoms with Crippen LogP contribution in [0.15, 0.2) is 30.3 Å². The SMILES string of the molecule is CCCCCCSC#Cc1ccccc1. The predicted octanol–water partition coefficient (Wildman–Crippen LogP) is 4.31. The molecule has 80 valence electrons. The molecule has 15 heavy (non-hydrogen) atoms. The summed E-state index contributed by atoms with van der Waals surface area (Å²) in [4.78, 5) is 0. The molecule has 0 N–H and O–H groups in total. The Morgan fingerprint density at radius 2 is 1.87 bits per heavy atom. The highest BCUT2D eigenvalue weighted by molar-refractivity contribution is 8.03. The molecule has 1 rings (SSSR count). The summed E-state index contributed by atoms with van der Waals surface area (Å²) in [5, 5.41) is 3.15. The van der Waals surface area contributed by atoms with Crippen molar-refractivity contribution >= 4 is 11.8 Å². The number of unbranched alkanes of at least 4 members (excludes halogenated alkanes) is 3. The van der Waals surface area contributed by atoms with Gasteiger partial charge in [0.1, 0.15) is 0 Å². The Bertz CT molecular complexity index is 305. The van der Waals surface area contributed by atoms with Gasteiger partial charge in [0.05, 0.1) is 0 Å². The van der Waals surface area contributed by atoms with Crippen molar-refractivity contribution in [3.05, 3.63) is 35.9 Å². The van der Waals surface area contributed by atoms with Crippen LogP contribution in [0.25, 0.3) is 0 Å². The first-order valence-corrected chi connectivity index (χ1v) is 6.60. The van der Waals surface area contributed by atoms with Gasteiger partial charge in [0.2, 0.25) is 0 Å². The third-order valence-electron chi connectivity index (χ3n) is 2.14. The molecule has 0 unspecified atom stereocenters. The summed E-state index contributed by atoms with van der Waals surface area (Å²) in [6, 6.07) is 10.2. The van der Waals surface area contributed by atoms with Gasteiger partial charge in [-0.1, -0.05) is 62.1 Å². The van der Waals surface area contributed by atoms with E-state index in [1.165, 1.54) is 31.4 Å². The molecule has 0 aliphatic carbocycles. The second kappa shape index (κ2) is 8.44. The van der Waals surface area contributed by atoms with E-state index < -0.39 is 0 Å². The summed E-state index contributed by atoms with van der Waals surface area (Å²) in [5.74, 6) is 4.32. The summed E-state index contributed by atoms with van der Waals surface area (Å²) in [6.07, 6.45) is 5.30. The topological polar surface area (TPSA) is 0 Å². The fourth-order valence-electron chi connectivity index (χ4n) is 1.27. The maximum Gasteiger partial charge on any atom is 0.0254 e. The largest absolute Gasteiger partial charge is 0.0747 e. The van der Waals surface area contributed by atoms with Crippen LogP contribution in [0.4, 0.5) is 0 Å². The summed E-state index contributed by atoms with van der Waals surface area (Å²) in [7, 11) is 0. The molecule has 0 atom stereocenters. The van der Waals surface area contributed by atoms with Crippen molar-refractivity contribution in [1.82, 2.24) is 0 Å². The van der Waals surface area contributed by atoms with Crippen LogP contribution in [-0.4, -0.2) is 5.75 Å². The number of benzene rings is 1. The van der Waals surface area contributed by atoms with Gasteiger partial charge < -0.3 is 0 Å². The van der Waals surface area contributed by atoms with E-state index in [2.05, 4.69) is 18.1 Å². The normalized spacial score (nSPS) is 9.40. The zero-order valence-electron chi connectivity index (χ0n) is 9.33. The molecule has 0 radical (unpaired) electrons. The highest BCUT2D eigenvalue weighted by atomic mass is 32.2. The average Bonchev–Trinajstić information content (AvgIpc) is 2.29. The van der Waals surface area contributed by atoms with Crippen molar-refractivity contribution in [3.8, 4) is 11.2 Å². The second-order valence-electron chi connectivity index (χ2n) is 3.50. The van der Waals surface area contributed by atoms with Crippen molar-refractivity contribution in [2.45, 2.75) is 32.6 Å². The lowest BCUT2D eigenvalue weighted by Crippen LogP contribution is -1.78. The van der Waals surface area contributed by atoms with Crippen molar-refractivity contribution in [3.63, 3.8) is 0 Å². The Balaban J connectivity index is 2.12. The molecule has 1 heteroatoms. The van der Waals surface area contributed by atoms with Gasteiger partial charge in [-0.25, -0.2) is 0 Å². The molecule has 0 aromatic heterocycles. The van der Waals surface area contributed by atoms with Gasteiger partial charge in [-0.15, -0.1) is 0 Å². The van der Waals surface area contributed by atoms with Crippen LogP contribution in [0.5, 0.6) is 0 Å². The average molecular weight is 218 g/mol. The van der Waals surface area contributed by atoms with Crippen molar-refractivity contribution < 1.29 is 0 Å². The van der Waals surface area contributed by atoms with E-state index in [1.54, 1.807) is 11.8 Å². The van der Waals surface area contributed by atoms with Crippen molar-refractivity contribution in [2.24, 2.45) is 0 Å². The van der Waals surface area contributed by atoms with Crippen LogP contribution in [0, 0.1) is 11.2 Å². The van der Waals surface area contributed by atoms with Crippen LogP contribution in [-0.2, 0) is 0 Å². The summed E-state index contributed by atoms with van der Waals surface area (Å²) < 4.78 is 0. The van der Waals surface area contributed by atoms with E-state index in [0.29, 0.717) is 0 Å². The van der Waals surface area contributed by atoms with Gasteiger partial charge in [-0.2, -0.15) is 0 Å². The van der Waals surface area contributed by atoms with Crippen molar-refractivity contribution in [1.29, 1.82) is 0 Å².